The summed E-state index contributed by atoms with van der Waals surface area (Å²) in [6.07, 6.45) is 8.06. The summed E-state index contributed by atoms with van der Waals surface area (Å²) >= 11 is 0. The maximum absolute atomic E-state index is 9.47. The molecular formula is C21H30N4O2. The van der Waals surface area contributed by atoms with Gasteiger partial charge < -0.3 is 14.7 Å². The Kier molecular flexibility index (Phi) is 5.74. The number of hydrogen-bond donors (Lipinski definition) is 1. The molecule has 0 saturated carbocycles. The lowest BCUT2D eigenvalue weighted by atomic mass is 9.97. The molecule has 0 radical (unpaired) electrons. The van der Waals surface area contributed by atoms with Crippen LogP contribution in [-0.4, -0.2) is 52.5 Å². The second-order valence-electron chi connectivity index (χ2n) is 7.95. The van der Waals surface area contributed by atoms with E-state index in [9.17, 15) is 5.11 Å². The largest absolute Gasteiger partial charge is 0.396 e. The number of nitrogens with zero attached hydrogens (tertiary/aromatic N) is 4. The molecule has 2 fully saturated rings. The monoisotopic (exact) mass is 370 g/mol. The van der Waals surface area contributed by atoms with Gasteiger partial charge in [0, 0.05) is 37.6 Å². The number of rotatable bonds is 5. The molecular weight excluding hydrogens is 340 g/mol. The topological polar surface area (TPSA) is 63.4 Å². The second-order valence-corrected chi connectivity index (χ2v) is 7.95. The Morgan fingerprint density at radius 3 is 2.93 bits per heavy atom. The van der Waals surface area contributed by atoms with Gasteiger partial charge in [0.25, 0.3) is 0 Å². The average Bonchev–Trinajstić information content (AvgIpc) is 3.17. The molecule has 6 nitrogen and oxygen atoms in total. The van der Waals surface area contributed by atoms with E-state index in [2.05, 4.69) is 40.3 Å². The molecule has 0 spiro atoms. The zero-order chi connectivity index (χ0) is 18.6. The van der Waals surface area contributed by atoms with Crippen molar-refractivity contribution < 1.29 is 9.84 Å². The van der Waals surface area contributed by atoms with E-state index < -0.39 is 0 Å². The summed E-state index contributed by atoms with van der Waals surface area (Å²) in [4.78, 5) is 2.39. The average molecular weight is 370 g/mol. The third kappa shape index (κ3) is 4.33. The van der Waals surface area contributed by atoms with Crippen molar-refractivity contribution in [1.82, 2.24) is 15.0 Å². The minimum Gasteiger partial charge on any atom is -0.396 e. The highest BCUT2D eigenvalue weighted by atomic mass is 16.5. The summed E-state index contributed by atoms with van der Waals surface area (Å²) < 4.78 is 7.72. The van der Waals surface area contributed by atoms with Gasteiger partial charge >= 0.3 is 0 Å². The molecule has 1 N–H and O–H groups in total. The third-order valence-corrected chi connectivity index (χ3v) is 5.83. The Morgan fingerprint density at radius 2 is 2.15 bits per heavy atom. The zero-order valence-corrected chi connectivity index (χ0v) is 16.2. The molecule has 0 amide bonds. The fraction of sp³-hybridized carbons (Fsp3) is 0.619. The van der Waals surface area contributed by atoms with Crippen molar-refractivity contribution in [2.75, 3.05) is 31.2 Å². The number of benzene rings is 1. The van der Waals surface area contributed by atoms with Crippen molar-refractivity contribution in [1.29, 1.82) is 0 Å². The van der Waals surface area contributed by atoms with Gasteiger partial charge in [-0.25, -0.2) is 4.68 Å². The van der Waals surface area contributed by atoms with Crippen LogP contribution in [0.3, 0.4) is 0 Å². The minimum absolute atomic E-state index is 0.260. The van der Waals surface area contributed by atoms with Crippen LogP contribution in [0.25, 0.3) is 11.3 Å². The van der Waals surface area contributed by atoms with E-state index in [1.165, 1.54) is 24.1 Å². The lowest BCUT2D eigenvalue weighted by molar-refractivity contribution is 0.00370. The van der Waals surface area contributed by atoms with Gasteiger partial charge in [0.1, 0.15) is 5.69 Å². The number of ether oxygens (including phenoxy) is 1. The number of hydrogen-bond acceptors (Lipinski definition) is 5. The van der Waals surface area contributed by atoms with E-state index in [0.29, 0.717) is 5.92 Å². The number of aliphatic hydroxyl groups is 1. The number of piperidine rings is 1. The van der Waals surface area contributed by atoms with Crippen molar-refractivity contribution in [2.45, 2.75) is 51.7 Å². The molecule has 2 aliphatic heterocycles. The quantitative estimate of drug-likeness (QED) is 0.876. The first-order chi connectivity index (χ1) is 13.2. The van der Waals surface area contributed by atoms with Gasteiger partial charge in [-0.15, -0.1) is 5.10 Å². The lowest BCUT2D eigenvalue weighted by Gasteiger charge is -2.34. The summed E-state index contributed by atoms with van der Waals surface area (Å²) in [5.41, 5.74) is 4.49. The molecule has 6 heteroatoms. The smallest absolute Gasteiger partial charge is 0.113 e. The van der Waals surface area contributed by atoms with Gasteiger partial charge in [-0.1, -0.05) is 11.3 Å². The predicted octanol–water partition coefficient (Wildman–Crippen LogP) is 3.03. The first-order valence-electron chi connectivity index (χ1n) is 10.2. The maximum atomic E-state index is 9.47. The highest BCUT2D eigenvalue weighted by molar-refractivity contribution is 5.67. The molecule has 2 atom stereocenters. The van der Waals surface area contributed by atoms with Gasteiger partial charge in [0.15, 0.2) is 0 Å². The van der Waals surface area contributed by atoms with E-state index >= 15 is 0 Å². The lowest BCUT2D eigenvalue weighted by Crippen LogP contribution is -2.36. The van der Waals surface area contributed by atoms with Crippen molar-refractivity contribution in [2.24, 2.45) is 5.92 Å². The molecule has 27 heavy (non-hydrogen) atoms. The number of aryl methyl sites for hydroxylation is 1. The summed E-state index contributed by atoms with van der Waals surface area (Å²) in [5.74, 6) is 0.389. The van der Waals surface area contributed by atoms with Crippen LogP contribution in [0.4, 0.5) is 5.69 Å². The van der Waals surface area contributed by atoms with Gasteiger partial charge in [0.2, 0.25) is 0 Å². The number of aromatic nitrogens is 3. The van der Waals surface area contributed by atoms with Crippen LogP contribution in [-0.2, 0) is 11.3 Å². The molecule has 2 aromatic rings. The Labute approximate surface area is 161 Å². The molecule has 0 aliphatic carbocycles. The van der Waals surface area contributed by atoms with Crippen LogP contribution >= 0.6 is 0 Å². The molecule has 0 bridgehead atoms. The maximum Gasteiger partial charge on any atom is 0.113 e. The molecule has 1 aromatic carbocycles. The summed E-state index contributed by atoms with van der Waals surface area (Å²) in [6, 6.07) is 6.56. The number of aliphatic hydroxyl groups excluding tert-OH is 1. The molecule has 2 saturated heterocycles. The standard InChI is InChI=1S/C21H30N4O2/c1-16-11-18(24-9-4-5-17(12-24)15-26)7-8-20(16)21-14-25(23-22-21)13-19-6-2-3-10-27-19/h7-8,11,14,17,19,26H,2-6,9-10,12-13,15H2,1H3. The van der Waals surface area contributed by atoms with Crippen molar-refractivity contribution >= 4 is 5.69 Å². The first kappa shape index (κ1) is 18.4. The minimum atomic E-state index is 0.260. The molecule has 3 heterocycles. The van der Waals surface area contributed by atoms with E-state index in [1.807, 2.05) is 10.9 Å². The highest BCUT2D eigenvalue weighted by Gasteiger charge is 2.20. The van der Waals surface area contributed by atoms with Crippen LogP contribution in [0.5, 0.6) is 0 Å². The van der Waals surface area contributed by atoms with Gasteiger partial charge in [-0.2, -0.15) is 0 Å². The first-order valence-corrected chi connectivity index (χ1v) is 10.2. The fourth-order valence-electron chi connectivity index (χ4n) is 4.25. The molecule has 2 aliphatic rings. The highest BCUT2D eigenvalue weighted by Crippen LogP contribution is 2.29. The van der Waals surface area contributed by atoms with E-state index in [-0.39, 0.29) is 12.7 Å². The van der Waals surface area contributed by atoms with Crippen molar-refractivity contribution in [3.05, 3.63) is 30.0 Å². The Bertz CT molecular complexity index is 754. The second kappa shape index (κ2) is 8.40. The van der Waals surface area contributed by atoms with E-state index in [0.717, 1.165) is 56.8 Å². The number of anilines is 1. The Hall–Kier alpha value is -1.92. The summed E-state index contributed by atoms with van der Waals surface area (Å²) in [5, 5.41) is 18.2. The van der Waals surface area contributed by atoms with Crippen LogP contribution in [0.2, 0.25) is 0 Å². The zero-order valence-electron chi connectivity index (χ0n) is 16.2. The normalized spacial score (nSPS) is 23.6. The summed E-state index contributed by atoms with van der Waals surface area (Å²) in [6.45, 7) is 6.05. The van der Waals surface area contributed by atoms with Gasteiger partial charge in [-0.3, -0.25) is 0 Å². The molecule has 146 valence electrons. The fourth-order valence-corrected chi connectivity index (χ4v) is 4.25. The Balaban J connectivity index is 1.46. The van der Waals surface area contributed by atoms with Crippen molar-refractivity contribution in [3.63, 3.8) is 0 Å². The molecule has 4 rings (SSSR count). The molecule has 1 aromatic heterocycles. The SMILES string of the molecule is Cc1cc(N2CCCC(CO)C2)ccc1-c1cn(CC2CCCCO2)nn1. The van der Waals surface area contributed by atoms with Gasteiger partial charge in [0.05, 0.1) is 18.8 Å². The van der Waals surface area contributed by atoms with E-state index in [4.69, 9.17) is 4.74 Å². The Morgan fingerprint density at radius 1 is 1.22 bits per heavy atom. The van der Waals surface area contributed by atoms with Crippen LogP contribution in [0.1, 0.15) is 37.7 Å². The summed E-state index contributed by atoms with van der Waals surface area (Å²) in [7, 11) is 0. The molecule has 2 unspecified atom stereocenters. The van der Waals surface area contributed by atoms with Crippen LogP contribution < -0.4 is 4.90 Å². The van der Waals surface area contributed by atoms with Gasteiger partial charge in [-0.05, 0) is 62.6 Å². The van der Waals surface area contributed by atoms with Crippen LogP contribution in [0, 0.1) is 12.8 Å². The predicted molar refractivity (Wildman–Crippen MR) is 106 cm³/mol. The third-order valence-electron chi connectivity index (χ3n) is 5.83. The van der Waals surface area contributed by atoms with E-state index in [1.54, 1.807) is 0 Å². The van der Waals surface area contributed by atoms with Crippen molar-refractivity contribution in [3.8, 4) is 11.3 Å². The van der Waals surface area contributed by atoms with Crippen LogP contribution in [0.15, 0.2) is 24.4 Å².